The van der Waals surface area contributed by atoms with E-state index in [0.29, 0.717) is 24.0 Å². The van der Waals surface area contributed by atoms with Crippen LogP contribution in [0.1, 0.15) is 104 Å². The molecule has 274 valence electrons. The summed E-state index contributed by atoms with van der Waals surface area (Å²) in [4.78, 5) is 69.6. The topological polar surface area (TPSA) is 157 Å². The number of nitrogens with two attached hydrogens (primary N) is 1. The monoisotopic (exact) mass is 692 g/mol. The Balaban J connectivity index is 2.76. The first kappa shape index (κ1) is 41.5. The SMILES string of the molecule is C=Cc1cccc(C(C(=O)NC(Cc2ccccc2)C(=O)OC(C)(C)C)N(C(=O)C(CC(N)=O)NC(=O)OC(C)(C)C)C(C)CCC(C)C)c1. The predicted octanol–water partition coefficient (Wildman–Crippen LogP) is 5.86. The minimum atomic E-state index is -1.45. The van der Waals surface area contributed by atoms with Crippen molar-refractivity contribution < 1.29 is 33.4 Å². The third-order valence-electron chi connectivity index (χ3n) is 7.56. The van der Waals surface area contributed by atoms with E-state index in [1.165, 1.54) is 4.90 Å². The lowest BCUT2D eigenvalue weighted by Crippen LogP contribution is -2.57. The van der Waals surface area contributed by atoms with Crippen LogP contribution >= 0.6 is 0 Å². The summed E-state index contributed by atoms with van der Waals surface area (Å²) < 4.78 is 11.1. The molecular weight excluding hydrogens is 636 g/mol. The van der Waals surface area contributed by atoms with Crippen LogP contribution in [0.3, 0.4) is 0 Å². The van der Waals surface area contributed by atoms with Gasteiger partial charge in [-0.05, 0) is 90.0 Å². The number of carbonyl (C=O) groups excluding carboxylic acids is 5. The Kier molecular flexibility index (Phi) is 15.2. The number of esters is 1. The van der Waals surface area contributed by atoms with Gasteiger partial charge in [0, 0.05) is 12.5 Å². The summed E-state index contributed by atoms with van der Waals surface area (Å²) in [6.07, 6.45) is 1.48. The summed E-state index contributed by atoms with van der Waals surface area (Å²) in [5.74, 6) is -2.58. The molecule has 0 radical (unpaired) electrons. The van der Waals surface area contributed by atoms with Crippen LogP contribution in [-0.2, 0) is 35.1 Å². The van der Waals surface area contributed by atoms with Crippen molar-refractivity contribution in [1.29, 1.82) is 0 Å². The number of primary amides is 1. The molecule has 4 unspecified atom stereocenters. The third kappa shape index (κ3) is 14.1. The Labute approximate surface area is 297 Å². The van der Waals surface area contributed by atoms with Gasteiger partial charge in [-0.25, -0.2) is 9.59 Å². The van der Waals surface area contributed by atoms with Gasteiger partial charge in [-0.2, -0.15) is 0 Å². The van der Waals surface area contributed by atoms with Gasteiger partial charge in [0.1, 0.15) is 29.3 Å². The second-order valence-corrected chi connectivity index (χ2v) is 15.0. The second kappa shape index (κ2) is 18.4. The summed E-state index contributed by atoms with van der Waals surface area (Å²) >= 11 is 0. The maximum absolute atomic E-state index is 14.7. The highest BCUT2D eigenvalue weighted by atomic mass is 16.6. The van der Waals surface area contributed by atoms with Crippen LogP contribution in [0.2, 0.25) is 0 Å². The van der Waals surface area contributed by atoms with Crippen molar-refractivity contribution in [3.63, 3.8) is 0 Å². The fraction of sp³-hybridized carbons (Fsp3) is 0.513. The molecule has 11 heteroatoms. The fourth-order valence-electron chi connectivity index (χ4n) is 5.30. The normalized spacial score (nSPS) is 14.0. The van der Waals surface area contributed by atoms with Crippen molar-refractivity contribution in [2.24, 2.45) is 11.7 Å². The number of nitrogens with zero attached hydrogens (tertiary/aromatic N) is 1. The number of ether oxygens (including phenoxy) is 2. The number of amides is 4. The molecule has 0 bridgehead atoms. The zero-order valence-electron chi connectivity index (χ0n) is 31.1. The minimum Gasteiger partial charge on any atom is -0.458 e. The molecule has 0 aromatic heterocycles. The van der Waals surface area contributed by atoms with Crippen LogP contribution in [0.15, 0.2) is 61.2 Å². The standard InChI is InChI=1S/C39H56N4O7/c1-11-27-18-15-19-29(22-27)33(34(45)41-31(36(47)49-38(5,6)7)23-28-16-13-12-14-17-28)43(26(4)21-20-25(2)3)35(46)30(24-32(40)44)42-37(48)50-39(8,9)10/h11-19,22,25-26,30-31,33H,1,20-21,23-24H2,2-10H3,(H2,40,44)(H,41,45)(H,42,48). The molecule has 4 amide bonds. The van der Waals surface area contributed by atoms with Crippen LogP contribution in [0.25, 0.3) is 6.08 Å². The Morgan fingerprint density at radius 2 is 1.46 bits per heavy atom. The maximum atomic E-state index is 14.7. The molecule has 0 aliphatic heterocycles. The van der Waals surface area contributed by atoms with Crippen LogP contribution in [0.5, 0.6) is 0 Å². The van der Waals surface area contributed by atoms with Crippen LogP contribution < -0.4 is 16.4 Å². The zero-order valence-corrected chi connectivity index (χ0v) is 31.1. The number of hydrogen-bond acceptors (Lipinski definition) is 7. The Bertz CT molecular complexity index is 1480. The molecule has 11 nitrogen and oxygen atoms in total. The van der Waals surface area contributed by atoms with E-state index in [4.69, 9.17) is 15.2 Å². The Morgan fingerprint density at radius 3 is 2.00 bits per heavy atom. The average molecular weight is 693 g/mol. The van der Waals surface area contributed by atoms with E-state index < -0.39 is 71.6 Å². The van der Waals surface area contributed by atoms with E-state index in [-0.39, 0.29) is 12.3 Å². The molecule has 0 heterocycles. The highest BCUT2D eigenvalue weighted by molar-refractivity contribution is 5.96. The third-order valence-corrected chi connectivity index (χ3v) is 7.56. The lowest BCUT2D eigenvalue weighted by Gasteiger charge is -2.39. The lowest BCUT2D eigenvalue weighted by molar-refractivity contribution is -0.159. The number of hydrogen-bond donors (Lipinski definition) is 3. The summed E-state index contributed by atoms with van der Waals surface area (Å²) in [6, 6.07) is 11.7. The summed E-state index contributed by atoms with van der Waals surface area (Å²) in [7, 11) is 0. The van der Waals surface area contributed by atoms with Crippen LogP contribution in [-0.4, -0.2) is 64.0 Å². The lowest BCUT2D eigenvalue weighted by atomic mass is 9.95. The summed E-state index contributed by atoms with van der Waals surface area (Å²) in [5.41, 5.74) is 5.76. The molecule has 2 aromatic rings. The van der Waals surface area contributed by atoms with E-state index in [1.54, 1.807) is 71.9 Å². The van der Waals surface area contributed by atoms with E-state index in [9.17, 15) is 24.0 Å². The molecule has 0 fully saturated rings. The summed E-state index contributed by atoms with van der Waals surface area (Å²) in [6.45, 7) is 20.0. The van der Waals surface area contributed by atoms with Gasteiger partial charge in [-0.15, -0.1) is 0 Å². The molecule has 0 aliphatic carbocycles. The quantitative estimate of drug-likeness (QED) is 0.186. The molecule has 0 saturated heterocycles. The van der Waals surface area contributed by atoms with Crippen molar-refractivity contribution in [3.8, 4) is 0 Å². The average Bonchev–Trinajstić information content (AvgIpc) is 2.99. The molecule has 4 atom stereocenters. The van der Waals surface area contributed by atoms with Crippen molar-refractivity contribution in [1.82, 2.24) is 15.5 Å². The number of rotatable bonds is 16. The van der Waals surface area contributed by atoms with Gasteiger partial charge >= 0.3 is 12.1 Å². The molecule has 0 spiro atoms. The van der Waals surface area contributed by atoms with Crippen molar-refractivity contribution in [2.75, 3.05) is 0 Å². The largest absolute Gasteiger partial charge is 0.458 e. The first-order valence-corrected chi connectivity index (χ1v) is 17.1. The molecule has 0 saturated carbocycles. The molecule has 2 rings (SSSR count). The first-order chi connectivity index (χ1) is 23.2. The number of nitrogens with one attached hydrogen (secondary N) is 2. The summed E-state index contributed by atoms with van der Waals surface area (Å²) in [5, 5.41) is 5.41. The van der Waals surface area contributed by atoms with E-state index >= 15 is 0 Å². The number of alkyl carbamates (subject to hydrolysis) is 1. The molecule has 0 aliphatic rings. The first-order valence-electron chi connectivity index (χ1n) is 17.1. The second-order valence-electron chi connectivity index (χ2n) is 15.0. The molecule has 50 heavy (non-hydrogen) atoms. The highest BCUT2D eigenvalue weighted by Crippen LogP contribution is 2.29. The predicted molar refractivity (Wildman–Crippen MR) is 195 cm³/mol. The zero-order chi connectivity index (χ0) is 37.8. The van der Waals surface area contributed by atoms with E-state index in [1.807, 2.05) is 51.1 Å². The molecular formula is C39H56N4O7. The van der Waals surface area contributed by atoms with Crippen molar-refractivity contribution in [3.05, 3.63) is 77.9 Å². The smallest absolute Gasteiger partial charge is 0.408 e. The van der Waals surface area contributed by atoms with Gasteiger partial charge in [0.15, 0.2) is 0 Å². The number of carbonyl (C=O) groups is 5. The van der Waals surface area contributed by atoms with Gasteiger partial charge < -0.3 is 30.7 Å². The van der Waals surface area contributed by atoms with E-state index in [0.717, 1.165) is 5.56 Å². The fourth-order valence-corrected chi connectivity index (χ4v) is 5.30. The molecule has 4 N–H and O–H groups in total. The van der Waals surface area contributed by atoms with Crippen molar-refractivity contribution >= 4 is 35.9 Å². The highest BCUT2D eigenvalue weighted by Gasteiger charge is 2.41. The van der Waals surface area contributed by atoms with Crippen LogP contribution in [0, 0.1) is 5.92 Å². The Hall–Kier alpha value is -4.67. The maximum Gasteiger partial charge on any atom is 0.408 e. The molecule has 2 aromatic carbocycles. The van der Waals surface area contributed by atoms with Crippen molar-refractivity contribution in [2.45, 2.75) is 123 Å². The Morgan fingerprint density at radius 1 is 0.840 bits per heavy atom. The number of benzene rings is 2. The van der Waals surface area contributed by atoms with Gasteiger partial charge in [0.05, 0.1) is 6.42 Å². The van der Waals surface area contributed by atoms with Gasteiger partial charge in [-0.3, -0.25) is 14.4 Å². The van der Waals surface area contributed by atoms with Gasteiger partial charge in [-0.1, -0.05) is 75.0 Å². The van der Waals surface area contributed by atoms with Gasteiger partial charge in [0.25, 0.3) is 0 Å². The minimum absolute atomic E-state index is 0.127. The van der Waals surface area contributed by atoms with Crippen LogP contribution in [0.4, 0.5) is 4.79 Å². The van der Waals surface area contributed by atoms with E-state index in [2.05, 4.69) is 17.2 Å². The van der Waals surface area contributed by atoms with Gasteiger partial charge in [0.2, 0.25) is 17.7 Å².